The van der Waals surface area contributed by atoms with Crippen molar-refractivity contribution in [3.05, 3.63) is 72.2 Å². The van der Waals surface area contributed by atoms with Crippen LogP contribution in [0, 0.1) is 0 Å². The molecular weight excluding hydrogens is 487 g/mol. The fraction of sp³-hybridized carbons (Fsp3) is 0.217. The minimum absolute atomic E-state index is 0.166. The SMILES string of the molecule is CC(C)(O)c1cc(-c2ccc(-c3cccc(S(C)(=O)=O)c3)s2)n(-c2cnccc2C(F)(F)F)n1. The van der Waals surface area contributed by atoms with E-state index in [9.17, 15) is 26.7 Å². The van der Waals surface area contributed by atoms with E-state index in [0.29, 0.717) is 16.1 Å². The van der Waals surface area contributed by atoms with Crippen LogP contribution >= 0.6 is 11.3 Å². The smallest absolute Gasteiger partial charge is 0.384 e. The Balaban J connectivity index is 1.88. The second-order valence-electron chi connectivity index (χ2n) is 8.24. The molecule has 3 aromatic heterocycles. The van der Waals surface area contributed by atoms with Gasteiger partial charge in [0.15, 0.2) is 9.84 Å². The van der Waals surface area contributed by atoms with Gasteiger partial charge in [0.25, 0.3) is 0 Å². The summed E-state index contributed by atoms with van der Waals surface area (Å²) in [5, 5.41) is 14.8. The predicted octanol–water partition coefficient (Wildman–Crippen LogP) is 5.31. The van der Waals surface area contributed by atoms with E-state index >= 15 is 0 Å². The zero-order valence-electron chi connectivity index (χ0n) is 18.3. The summed E-state index contributed by atoms with van der Waals surface area (Å²) < 4.78 is 66.1. The van der Waals surface area contributed by atoms with Gasteiger partial charge < -0.3 is 5.11 Å². The van der Waals surface area contributed by atoms with Crippen LogP contribution in [0.5, 0.6) is 0 Å². The van der Waals surface area contributed by atoms with Gasteiger partial charge in [-0.25, -0.2) is 13.1 Å². The van der Waals surface area contributed by atoms with Crippen molar-refractivity contribution in [2.75, 3.05) is 6.26 Å². The van der Waals surface area contributed by atoms with Crippen LogP contribution in [0.1, 0.15) is 25.1 Å². The molecule has 0 aliphatic rings. The van der Waals surface area contributed by atoms with Crippen LogP contribution in [0.3, 0.4) is 0 Å². The molecule has 1 aromatic carbocycles. The average molecular weight is 508 g/mol. The molecule has 34 heavy (non-hydrogen) atoms. The Hall–Kier alpha value is -3.02. The molecule has 178 valence electrons. The van der Waals surface area contributed by atoms with Crippen LogP contribution in [0.4, 0.5) is 13.2 Å². The number of rotatable bonds is 5. The minimum Gasteiger partial charge on any atom is -0.384 e. The molecule has 3 heterocycles. The van der Waals surface area contributed by atoms with Crippen molar-refractivity contribution in [1.29, 1.82) is 0 Å². The van der Waals surface area contributed by atoms with Gasteiger partial charge >= 0.3 is 6.18 Å². The number of sulfone groups is 1. The first-order valence-corrected chi connectivity index (χ1v) is 12.7. The van der Waals surface area contributed by atoms with E-state index in [1.165, 1.54) is 37.3 Å². The number of aliphatic hydroxyl groups is 1. The van der Waals surface area contributed by atoms with Crippen LogP contribution in [0.25, 0.3) is 26.7 Å². The fourth-order valence-electron chi connectivity index (χ4n) is 3.34. The Morgan fingerprint density at radius 1 is 1.03 bits per heavy atom. The van der Waals surface area contributed by atoms with E-state index in [1.54, 1.807) is 30.3 Å². The van der Waals surface area contributed by atoms with Gasteiger partial charge in [0.1, 0.15) is 5.60 Å². The summed E-state index contributed by atoms with van der Waals surface area (Å²) in [7, 11) is -3.40. The topological polar surface area (TPSA) is 85.1 Å². The molecule has 0 amide bonds. The Morgan fingerprint density at radius 3 is 2.38 bits per heavy atom. The van der Waals surface area contributed by atoms with Crippen molar-refractivity contribution in [1.82, 2.24) is 14.8 Å². The summed E-state index contributed by atoms with van der Waals surface area (Å²) >= 11 is 1.27. The van der Waals surface area contributed by atoms with Crippen LogP contribution in [-0.4, -0.2) is 34.5 Å². The number of benzene rings is 1. The highest BCUT2D eigenvalue weighted by atomic mass is 32.2. The van der Waals surface area contributed by atoms with Gasteiger partial charge in [0.2, 0.25) is 0 Å². The van der Waals surface area contributed by atoms with Crippen molar-refractivity contribution in [2.45, 2.75) is 30.5 Å². The number of thiophene rings is 1. The number of halogens is 3. The number of hydrogen-bond donors (Lipinski definition) is 1. The molecule has 0 radical (unpaired) electrons. The molecule has 11 heteroatoms. The van der Waals surface area contributed by atoms with Gasteiger partial charge in [-0.05, 0) is 55.8 Å². The maximum atomic E-state index is 13.7. The highest BCUT2D eigenvalue weighted by Crippen LogP contribution is 2.40. The molecule has 0 spiro atoms. The molecule has 0 aliphatic heterocycles. The summed E-state index contributed by atoms with van der Waals surface area (Å²) in [6.45, 7) is 2.99. The highest BCUT2D eigenvalue weighted by molar-refractivity contribution is 7.90. The zero-order chi connectivity index (χ0) is 24.9. The maximum Gasteiger partial charge on any atom is 0.418 e. The molecule has 0 saturated heterocycles. The highest BCUT2D eigenvalue weighted by Gasteiger charge is 2.35. The lowest BCUT2D eigenvalue weighted by Crippen LogP contribution is -2.17. The first-order valence-electron chi connectivity index (χ1n) is 10.0. The normalized spacial score (nSPS) is 12.8. The van der Waals surface area contributed by atoms with E-state index < -0.39 is 27.2 Å². The molecule has 0 aliphatic carbocycles. The van der Waals surface area contributed by atoms with E-state index in [-0.39, 0.29) is 16.3 Å². The van der Waals surface area contributed by atoms with Gasteiger partial charge in [-0.1, -0.05) is 12.1 Å². The molecule has 6 nitrogen and oxygen atoms in total. The number of hydrogen-bond acceptors (Lipinski definition) is 6. The first-order chi connectivity index (χ1) is 15.7. The number of nitrogens with zero attached hydrogens (tertiary/aromatic N) is 3. The third kappa shape index (κ3) is 4.77. The van der Waals surface area contributed by atoms with E-state index in [4.69, 9.17) is 0 Å². The largest absolute Gasteiger partial charge is 0.418 e. The number of alkyl halides is 3. The average Bonchev–Trinajstić information content (AvgIpc) is 3.40. The second-order valence-corrected chi connectivity index (χ2v) is 11.3. The van der Waals surface area contributed by atoms with Crippen LogP contribution in [0.15, 0.2) is 65.8 Å². The lowest BCUT2D eigenvalue weighted by atomic mass is 10.1. The summed E-state index contributed by atoms with van der Waals surface area (Å²) in [5.41, 5.74) is -1.39. The standard InChI is InChI=1S/C23H20F3N3O3S2/c1-22(2,30)21-12-17(29(28-21)18-13-27-10-9-16(18)23(24,25)26)20-8-7-19(33-20)14-5-4-6-15(11-14)34(3,31)32/h4-13,30H,1-3H3. The van der Waals surface area contributed by atoms with Gasteiger partial charge in [-0.15, -0.1) is 11.3 Å². The van der Waals surface area contributed by atoms with Crippen LogP contribution in [-0.2, 0) is 21.6 Å². The van der Waals surface area contributed by atoms with Gasteiger partial charge in [0, 0.05) is 17.3 Å². The summed E-state index contributed by atoms with van der Waals surface area (Å²) in [4.78, 5) is 5.32. The third-order valence-corrected chi connectivity index (χ3v) is 7.34. The quantitative estimate of drug-likeness (QED) is 0.396. The van der Waals surface area contributed by atoms with E-state index in [1.807, 2.05) is 0 Å². The summed E-state index contributed by atoms with van der Waals surface area (Å²) in [6, 6.07) is 12.3. The first kappa shape index (κ1) is 24.1. The molecule has 0 unspecified atom stereocenters. The minimum atomic E-state index is -4.64. The van der Waals surface area contributed by atoms with Crippen molar-refractivity contribution in [3.8, 4) is 26.7 Å². The Morgan fingerprint density at radius 2 is 1.74 bits per heavy atom. The molecular formula is C23H20F3N3O3S2. The van der Waals surface area contributed by atoms with Gasteiger partial charge in [-0.2, -0.15) is 18.3 Å². The van der Waals surface area contributed by atoms with E-state index in [0.717, 1.165) is 34.3 Å². The predicted molar refractivity (Wildman–Crippen MR) is 123 cm³/mol. The monoisotopic (exact) mass is 507 g/mol. The third-order valence-electron chi connectivity index (χ3n) is 5.07. The fourth-order valence-corrected chi connectivity index (χ4v) is 5.02. The summed E-state index contributed by atoms with van der Waals surface area (Å²) in [5.74, 6) is 0. The summed E-state index contributed by atoms with van der Waals surface area (Å²) in [6.07, 6.45) is -1.38. The molecule has 4 rings (SSSR count). The van der Waals surface area contributed by atoms with Crippen molar-refractivity contribution in [3.63, 3.8) is 0 Å². The Bertz CT molecular complexity index is 1470. The van der Waals surface area contributed by atoms with Crippen molar-refractivity contribution >= 4 is 21.2 Å². The van der Waals surface area contributed by atoms with E-state index in [2.05, 4.69) is 10.1 Å². The molecule has 0 atom stereocenters. The molecule has 4 aromatic rings. The molecule has 0 bridgehead atoms. The second kappa shape index (κ2) is 8.33. The molecule has 0 saturated carbocycles. The lowest BCUT2D eigenvalue weighted by Gasteiger charge is -2.15. The molecule has 1 N–H and O–H groups in total. The zero-order valence-corrected chi connectivity index (χ0v) is 20.0. The van der Waals surface area contributed by atoms with Gasteiger partial charge in [0.05, 0.1) is 38.6 Å². The van der Waals surface area contributed by atoms with Crippen molar-refractivity contribution < 1.29 is 26.7 Å². The van der Waals surface area contributed by atoms with Crippen LogP contribution < -0.4 is 0 Å². The van der Waals surface area contributed by atoms with Crippen LogP contribution in [0.2, 0.25) is 0 Å². The Kier molecular flexibility index (Phi) is 5.91. The Labute approximate surface area is 198 Å². The van der Waals surface area contributed by atoms with Gasteiger partial charge in [-0.3, -0.25) is 4.98 Å². The lowest BCUT2D eigenvalue weighted by molar-refractivity contribution is -0.137. The maximum absolute atomic E-state index is 13.7. The number of pyridine rings is 1. The number of aromatic nitrogens is 3. The molecule has 0 fully saturated rings. The van der Waals surface area contributed by atoms with Crippen molar-refractivity contribution in [2.24, 2.45) is 0 Å².